The largest absolute Gasteiger partial charge is 0.497 e. The third-order valence-electron chi connectivity index (χ3n) is 10.8. The summed E-state index contributed by atoms with van der Waals surface area (Å²) < 4.78 is 17.8. The normalized spacial score (nSPS) is 22.4. The number of anilines is 1. The van der Waals surface area contributed by atoms with Gasteiger partial charge < -0.3 is 40.2 Å². The first-order chi connectivity index (χ1) is 27.1. The van der Waals surface area contributed by atoms with Crippen molar-refractivity contribution in [1.29, 1.82) is 0 Å². The Morgan fingerprint density at radius 2 is 1.86 bits per heavy atom. The summed E-state index contributed by atoms with van der Waals surface area (Å²) in [5.74, 6) is -2.35. The third kappa shape index (κ3) is 8.87. The molecule has 2 radical (unpaired) electrons. The maximum Gasteiger partial charge on any atom is 0.408 e. The number of aromatic nitrogens is 2. The minimum Gasteiger partial charge on any atom is -0.497 e. The quantitative estimate of drug-likeness (QED) is 0.133. The van der Waals surface area contributed by atoms with Crippen LogP contribution in [0.25, 0.3) is 22.3 Å². The summed E-state index contributed by atoms with van der Waals surface area (Å²) in [5, 5.41) is 21.0. The maximum atomic E-state index is 14.6. The molecule has 3 heterocycles. The Hall–Kier alpha value is -5.19. The number of carbonyl (C=O) groups is 5. The van der Waals surface area contributed by atoms with Gasteiger partial charge in [0.05, 0.1) is 24.9 Å². The van der Waals surface area contributed by atoms with Crippen molar-refractivity contribution in [1.82, 2.24) is 25.5 Å². The van der Waals surface area contributed by atoms with E-state index in [-0.39, 0.29) is 36.9 Å². The van der Waals surface area contributed by atoms with Crippen molar-refractivity contribution in [3.63, 3.8) is 0 Å². The van der Waals surface area contributed by atoms with Gasteiger partial charge in [0.1, 0.15) is 54.9 Å². The minimum absolute atomic E-state index is 0.00942. The average Bonchev–Trinajstić information content (AvgIpc) is 3.57. The first-order valence-corrected chi connectivity index (χ1v) is 20.1. The number of fused-ring (bicyclic) bond motifs is 1. The van der Waals surface area contributed by atoms with Crippen molar-refractivity contribution in [3.8, 4) is 22.9 Å². The number of nitrogens with one attached hydrogen (secondary N) is 3. The predicted molar refractivity (Wildman–Crippen MR) is 215 cm³/mol. The van der Waals surface area contributed by atoms with Crippen LogP contribution >= 0.6 is 11.3 Å². The number of carboxylic acid groups (broad SMARTS) is 1. The van der Waals surface area contributed by atoms with Gasteiger partial charge >= 0.3 is 12.1 Å². The number of benzene rings is 1. The molecule has 6 rings (SSSR count). The highest BCUT2D eigenvalue weighted by Crippen LogP contribution is 2.45. The van der Waals surface area contributed by atoms with Crippen molar-refractivity contribution in [2.75, 3.05) is 19.0 Å². The van der Waals surface area contributed by atoms with Crippen LogP contribution in [0.4, 0.5) is 9.93 Å². The Labute approximate surface area is 336 Å². The molecule has 2 aliphatic carbocycles. The SMILES string of the molecule is [B]c1c(OC)ccc2c(O[C@@H]3C[C@@H](C(=O)N[C@]4(C(=O)O)C[C@H]4C=C)N(C(=O)[C@@H](NC(=O)OC4CCCC4)C(C)(C)C)C3)cc(-c3csc(NC(=O)CCC)n3)nc12. The molecule has 3 fully saturated rings. The van der Waals surface area contributed by atoms with Gasteiger partial charge in [-0.1, -0.05) is 33.8 Å². The Morgan fingerprint density at radius 3 is 2.49 bits per heavy atom. The number of aliphatic carboxylic acids is 1. The van der Waals surface area contributed by atoms with Crippen molar-refractivity contribution >= 4 is 70.5 Å². The summed E-state index contributed by atoms with van der Waals surface area (Å²) in [6.07, 6.45) is 4.32. The highest BCUT2D eigenvalue weighted by atomic mass is 32.1. The van der Waals surface area contributed by atoms with Crippen LogP contribution in [0, 0.1) is 11.3 Å². The van der Waals surface area contributed by atoms with E-state index in [2.05, 4.69) is 27.5 Å². The second kappa shape index (κ2) is 16.7. The highest BCUT2D eigenvalue weighted by Gasteiger charge is 2.61. The minimum atomic E-state index is -1.55. The number of thiazole rings is 1. The molecule has 1 aliphatic heterocycles. The zero-order valence-corrected chi connectivity index (χ0v) is 33.7. The Morgan fingerprint density at radius 1 is 1.12 bits per heavy atom. The summed E-state index contributed by atoms with van der Waals surface area (Å²) in [7, 11) is 8.02. The number of amides is 4. The summed E-state index contributed by atoms with van der Waals surface area (Å²) in [4.78, 5) is 77.3. The van der Waals surface area contributed by atoms with Gasteiger partial charge in [-0.2, -0.15) is 0 Å². The van der Waals surface area contributed by atoms with Crippen LogP contribution in [0.15, 0.2) is 36.2 Å². The zero-order chi connectivity index (χ0) is 41.2. The standard InChI is InChI=1S/C40H49BN6O9S/c1-7-11-30(48)44-37-43-26(20-57-37)25-17-29(24-14-15-28(54-6)31(41)32(24)42-25)55-23-16-27(34(49)46-40(36(51)52)18-21(40)8-2)47(19-23)35(50)33(39(3,4)5)45-38(53)56-22-12-9-10-13-22/h8,14-15,17,20-23,27,33H,2,7,9-13,16,18-19H2,1,3-6H3,(H,45,53)(H,46,49)(H,51,52)(H,43,44,48)/t21-,23-,27+,33-,40-/m1/s1. The van der Waals surface area contributed by atoms with Gasteiger partial charge in [-0.15, -0.1) is 17.9 Å². The number of nitrogens with zero attached hydrogens (tertiary/aromatic N) is 3. The molecule has 0 bridgehead atoms. The number of carboxylic acids is 1. The number of rotatable bonds is 14. The molecule has 302 valence electrons. The van der Waals surface area contributed by atoms with E-state index in [0.29, 0.717) is 51.8 Å². The van der Waals surface area contributed by atoms with Gasteiger partial charge in [0.2, 0.25) is 17.7 Å². The maximum absolute atomic E-state index is 14.6. The van der Waals surface area contributed by atoms with Crippen LogP contribution in [0.5, 0.6) is 11.5 Å². The zero-order valence-electron chi connectivity index (χ0n) is 32.9. The van der Waals surface area contributed by atoms with Crippen LogP contribution in [0.1, 0.15) is 79.1 Å². The molecule has 4 N–H and O–H groups in total. The number of hydrogen-bond donors (Lipinski definition) is 4. The Balaban J connectivity index is 1.34. The van der Waals surface area contributed by atoms with Crippen LogP contribution in [0.2, 0.25) is 0 Å². The van der Waals surface area contributed by atoms with Gasteiger partial charge in [-0.25, -0.2) is 19.6 Å². The van der Waals surface area contributed by atoms with E-state index in [1.807, 2.05) is 6.92 Å². The van der Waals surface area contributed by atoms with Crippen LogP contribution in [0.3, 0.4) is 0 Å². The smallest absolute Gasteiger partial charge is 0.408 e. The summed E-state index contributed by atoms with van der Waals surface area (Å²) >= 11 is 1.24. The first-order valence-electron chi connectivity index (χ1n) is 19.2. The van der Waals surface area contributed by atoms with E-state index >= 15 is 0 Å². The second-order valence-corrected chi connectivity index (χ2v) is 16.8. The number of hydrogen-bond acceptors (Lipinski definition) is 11. The molecular formula is C40H49BN6O9S. The van der Waals surface area contributed by atoms with Crippen molar-refractivity contribution in [2.45, 2.75) is 109 Å². The molecule has 0 unspecified atom stereocenters. The molecule has 2 saturated carbocycles. The topological polar surface area (TPSA) is 198 Å². The summed E-state index contributed by atoms with van der Waals surface area (Å²) in [6.45, 7) is 10.9. The molecule has 3 aromatic rings. The van der Waals surface area contributed by atoms with Crippen LogP contribution in [-0.2, 0) is 23.9 Å². The molecule has 1 aromatic carbocycles. The van der Waals surface area contributed by atoms with Gasteiger partial charge in [0.15, 0.2) is 5.13 Å². The molecule has 57 heavy (non-hydrogen) atoms. The van der Waals surface area contributed by atoms with E-state index < -0.39 is 58.9 Å². The van der Waals surface area contributed by atoms with Crippen molar-refractivity contribution < 1.29 is 43.3 Å². The molecule has 1 saturated heterocycles. The number of methoxy groups -OCH3 is 1. The lowest BCUT2D eigenvalue weighted by Gasteiger charge is -2.35. The highest BCUT2D eigenvalue weighted by molar-refractivity contribution is 7.14. The average molecular weight is 801 g/mol. The lowest BCUT2D eigenvalue weighted by molar-refractivity contribution is -0.146. The Bertz CT molecular complexity index is 2060. The van der Waals surface area contributed by atoms with Gasteiger partial charge in [0, 0.05) is 35.6 Å². The van der Waals surface area contributed by atoms with Gasteiger partial charge in [-0.3, -0.25) is 14.4 Å². The molecule has 2 aromatic heterocycles. The van der Waals surface area contributed by atoms with E-state index in [4.69, 9.17) is 27.0 Å². The number of alkyl carbamates (subject to hydrolysis) is 1. The molecule has 5 atom stereocenters. The number of carbonyl (C=O) groups excluding carboxylic acids is 4. The van der Waals surface area contributed by atoms with E-state index in [0.717, 1.165) is 25.7 Å². The molecule has 17 heteroatoms. The van der Waals surface area contributed by atoms with Gasteiger partial charge in [-0.05, 0) is 61.5 Å². The predicted octanol–water partition coefficient (Wildman–Crippen LogP) is 4.48. The molecule has 3 aliphatic rings. The summed E-state index contributed by atoms with van der Waals surface area (Å²) in [6, 6.07) is 2.83. The fourth-order valence-electron chi connectivity index (χ4n) is 7.52. The summed E-state index contributed by atoms with van der Waals surface area (Å²) in [5.41, 5.74) is -0.919. The lowest BCUT2D eigenvalue weighted by Crippen LogP contribution is -2.59. The first kappa shape index (κ1) is 41.4. The van der Waals surface area contributed by atoms with Crippen LogP contribution < -0.4 is 30.9 Å². The second-order valence-electron chi connectivity index (χ2n) is 16.0. The van der Waals surface area contributed by atoms with E-state index in [1.54, 1.807) is 44.4 Å². The number of pyridine rings is 1. The molecular weight excluding hydrogens is 751 g/mol. The monoisotopic (exact) mass is 800 g/mol. The number of likely N-dealkylation sites (tertiary alicyclic amines) is 1. The Kier molecular flexibility index (Phi) is 12.2. The van der Waals surface area contributed by atoms with Crippen molar-refractivity contribution in [3.05, 3.63) is 36.2 Å². The number of ether oxygens (including phenoxy) is 3. The van der Waals surface area contributed by atoms with Crippen LogP contribution in [-0.4, -0.2) is 101 Å². The lowest BCUT2D eigenvalue weighted by atomic mass is 9.85. The molecule has 0 spiro atoms. The molecule has 15 nitrogen and oxygen atoms in total. The van der Waals surface area contributed by atoms with Crippen molar-refractivity contribution in [2.24, 2.45) is 11.3 Å². The fourth-order valence-corrected chi connectivity index (χ4v) is 8.25. The fraction of sp³-hybridized carbons (Fsp3) is 0.525. The van der Waals surface area contributed by atoms with Gasteiger partial charge in [0.25, 0.3) is 0 Å². The van der Waals surface area contributed by atoms with E-state index in [9.17, 15) is 29.1 Å². The molecule has 4 amide bonds. The van der Waals surface area contributed by atoms with E-state index in [1.165, 1.54) is 29.4 Å². The third-order valence-corrected chi connectivity index (χ3v) is 11.5.